The van der Waals surface area contributed by atoms with Crippen molar-refractivity contribution in [2.75, 3.05) is 0 Å². The zero-order valence-corrected chi connectivity index (χ0v) is 11.3. The summed E-state index contributed by atoms with van der Waals surface area (Å²) < 4.78 is 0. The van der Waals surface area contributed by atoms with Gasteiger partial charge in [0.25, 0.3) is 0 Å². The van der Waals surface area contributed by atoms with E-state index in [4.69, 9.17) is 0 Å². The number of aliphatic carboxylic acids is 1. The van der Waals surface area contributed by atoms with Crippen molar-refractivity contribution in [3.8, 4) is 0 Å². The van der Waals surface area contributed by atoms with Crippen molar-refractivity contribution in [3.05, 3.63) is 11.6 Å². The van der Waals surface area contributed by atoms with Crippen LogP contribution in [0.4, 0.5) is 0 Å². The van der Waals surface area contributed by atoms with E-state index < -0.39 is 12.1 Å². The standard InChI is InChI=1S/C15H22O3/c1-8-4-5-10-9(13(17)18)6-11-12(16)14(2,3)7-15(8,10)11/h6,8,10-12,16H,4-5,7H2,1-3H3,(H,17,18)/t8-,10-,11+,12-,15-/m1/s1. The number of aliphatic hydroxyl groups excluding tert-OH is 1. The summed E-state index contributed by atoms with van der Waals surface area (Å²) in [7, 11) is 0. The maximum absolute atomic E-state index is 11.4. The first kappa shape index (κ1) is 12.2. The predicted molar refractivity (Wildman–Crippen MR) is 67.9 cm³/mol. The minimum absolute atomic E-state index is 0.0106. The second kappa shape index (κ2) is 3.38. The summed E-state index contributed by atoms with van der Waals surface area (Å²) in [6.07, 6.45) is 4.48. The second-order valence-electron chi connectivity index (χ2n) is 7.21. The molecule has 2 fully saturated rings. The van der Waals surface area contributed by atoms with Gasteiger partial charge < -0.3 is 10.2 Å². The zero-order valence-electron chi connectivity index (χ0n) is 11.3. The molecule has 0 radical (unpaired) electrons. The van der Waals surface area contributed by atoms with E-state index in [9.17, 15) is 15.0 Å². The molecule has 3 aliphatic rings. The molecule has 3 aliphatic carbocycles. The third kappa shape index (κ3) is 1.21. The van der Waals surface area contributed by atoms with Crippen molar-refractivity contribution in [2.45, 2.75) is 46.1 Å². The van der Waals surface area contributed by atoms with Crippen molar-refractivity contribution < 1.29 is 15.0 Å². The number of aliphatic hydroxyl groups is 1. The minimum Gasteiger partial charge on any atom is -0.478 e. The third-order valence-corrected chi connectivity index (χ3v) is 5.96. The molecule has 1 spiro atoms. The number of hydrogen-bond acceptors (Lipinski definition) is 2. The largest absolute Gasteiger partial charge is 0.478 e. The van der Waals surface area contributed by atoms with Crippen LogP contribution in [0.3, 0.4) is 0 Å². The molecule has 0 amide bonds. The summed E-state index contributed by atoms with van der Waals surface area (Å²) in [5.74, 6) is -0.0718. The van der Waals surface area contributed by atoms with Gasteiger partial charge in [0, 0.05) is 11.5 Å². The smallest absolute Gasteiger partial charge is 0.331 e. The van der Waals surface area contributed by atoms with Gasteiger partial charge in [0.15, 0.2) is 0 Å². The zero-order chi connectivity index (χ0) is 13.3. The Morgan fingerprint density at radius 2 is 2.06 bits per heavy atom. The summed E-state index contributed by atoms with van der Waals surface area (Å²) in [6, 6.07) is 0. The molecule has 0 aliphatic heterocycles. The van der Waals surface area contributed by atoms with Crippen LogP contribution >= 0.6 is 0 Å². The molecule has 5 atom stereocenters. The van der Waals surface area contributed by atoms with Crippen LogP contribution in [-0.4, -0.2) is 22.3 Å². The number of rotatable bonds is 1. The highest BCUT2D eigenvalue weighted by Gasteiger charge is 2.67. The molecule has 18 heavy (non-hydrogen) atoms. The molecule has 0 unspecified atom stereocenters. The predicted octanol–water partition coefficient (Wildman–Crippen LogP) is 2.45. The summed E-state index contributed by atoms with van der Waals surface area (Å²) >= 11 is 0. The average molecular weight is 250 g/mol. The first-order valence-corrected chi connectivity index (χ1v) is 6.94. The maximum atomic E-state index is 11.4. The van der Waals surface area contributed by atoms with Crippen LogP contribution in [0.2, 0.25) is 0 Å². The van der Waals surface area contributed by atoms with Crippen LogP contribution in [0.15, 0.2) is 11.6 Å². The maximum Gasteiger partial charge on any atom is 0.331 e. The second-order valence-corrected chi connectivity index (χ2v) is 7.21. The van der Waals surface area contributed by atoms with Crippen molar-refractivity contribution in [3.63, 3.8) is 0 Å². The molecule has 2 N–H and O–H groups in total. The van der Waals surface area contributed by atoms with E-state index in [1.54, 1.807) is 0 Å². The van der Waals surface area contributed by atoms with Crippen LogP contribution in [0, 0.1) is 28.6 Å². The summed E-state index contributed by atoms with van der Waals surface area (Å²) in [6.45, 7) is 6.46. The fourth-order valence-corrected chi connectivity index (χ4v) is 5.17. The fraction of sp³-hybridized carbons (Fsp3) is 0.800. The van der Waals surface area contributed by atoms with Crippen molar-refractivity contribution in [1.82, 2.24) is 0 Å². The Kier molecular flexibility index (Phi) is 2.30. The highest BCUT2D eigenvalue weighted by Crippen LogP contribution is 2.70. The summed E-state index contributed by atoms with van der Waals surface area (Å²) in [5, 5.41) is 19.9. The minimum atomic E-state index is -0.784. The highest BCUT2D eigenvalue weighted by atomic mass is 16.4. The van der Waals surface area contributed by atoms with Crippen LogP contribution in [0.25, 0.3) is 0 Å². The van der Waals surface area contributed by atoms with Crippen molar-refractivity contribution in [1.29, 1.82) is 0 Å². The number of carboxylic acids is 1. The van der Waals surface area contributed by atoms with Crippen molar-refractivity contribution >= 4 is 5.97 Å². The normalized spacial score (nSPS) is 48.8. The van der Waals surface area contributed by atoms with E-state index in [-0.39, 0.29) is 22.7 Å². The molecule has 0 heterocycles. The summed E-state index contributed by atoms with van der Waals surface area (Å²) in [4.78, 5) is 11.4. The van der Waals surface area contributed by atoms with Crippen LogP contribution in [-0.2, 0) is 4.79 Å². The Bertz CT molecular complexity index is 437. The van der Waals surface area contributed by atoms with Crippen LogP contribution in [0.1, 0.15) is 40.0 Å². The molecule has 0 saturated heterocycles. The molecule has 0 aromatic carbocycles. The molecule has 3 heteroatoms. The molecule has 0 aromatic rings. The van der Waals surface area contributed by atoms with E-state index in [0.717, 1.165) is 19.3 Å². The molecule has 3 nitrogen and oxygen atoms in total. The lowest BCUT2D eigenvalue weighted by Gasteiger charge is -2.36. The monoisotopic (exact) mass is 250 g/mol. The van der Waals surface area contributed by atoms with Gasteiger partial charge in [0.05, 0.1) is 6.10 Å². The first-order chi connectivity index (χ1) is 8.30. The van der Waals surface area contributed by atoms with Crippen LogP contribution < -0.4 is 0 Å². The van der Waals surface area contributed by atoms with E-state index in [2.05, 4.69) is 20.8 Å². The first-order valence-electron chi connectivity index (χ1n) is 6.94. The number of carboxylic acid groups (broad SMARTS) is 1. The van der Waals surface area contributed by atoms with Crippen LogP contribution in [0.5, 0.6) is 0 Å². The Morgan fingerprint density at radius 3 is 2.67 bits per heavy atom. The van der Waals surface area contributed by atoms with Gasteiger partial charge in [-0.1, -0.05) is 26.8 Å². The van der Waals surface area contributed by atoms with Gasteiger partial charge in [-0.25, -0.2) is 4.79 Å². The molecule has 0 bridgehead atoms. The lowest BCUT2D eigenvalue weighted by Crippen LogP contribution is -2.33. The van der Waals surface area contributed by atoms with E-state index in [0.29, 0.717) is 11.5 Å². The Labute approximate surface area is 108 Å². The van der Waals surface area contributed by atoms with Gasteiger partial charge in [-0.2, -0.15) is 0 Å². The van der Waals surface area contributed by atoms with E-state index in [1.165, 1.54) is 0 Å². The van der Waals surface area contributed by atoms with Gasteiger partial charge in [0.1, 0.15) is 0 Å². The molecule has 3 rings (SSSR count). The lowest BCUT2D eigenvalue weighted by atomic mass is 9.67. The number of hydrogen-bond donors (Lipinski definition) is 2. The SMILES string of the molecule is C[C@@H]1CC[C@@H]2C(C(=O)O)=C[C@H]3[C@@H](O)C(C)(C)C[C@@]123. The highest BCUT2D eigenvalue weighted by molar-refractivity contribution is 5.88. The Morgan fingerprint density at radius 1 is 1.39 bits per heavy atom. The molecule has 2 saturated carbocycles. The van der Waals surface area contributed by atoms with Gasteiger partial charge in [-0.3, -0.25) is 0 Å². The van der Waals surface area contributed by atoms with Crippen molar-refractivity contribution in [2.24, 2.45) is 28.6 Å². The van der Waals surface area contributed by atoms with Gasteiger partial charge in [-0.15, -0.1) is 0 Å². The van der Waals surface area contributed by atoms with Gasteiger partial charge >= 0.3 is 5.97 Å². The quantitative estimate of drug-likeness (QED) is 0.751. The Balaban J connectivity index is 2.11. The lowest BCUT2D eigenvalue weighted by molar-refractivity contribution is -0.133. The molecular formula is C15H22O3. The number of carbonyl (C=O) groups is 1. The topological polar surface area (TPSA) is 57.5 Å². The Hall–Kier alpha value is -0.830. The molecular weight excluding hydrogens is 228 g/mol. The average Bonchev–Trinajstić information content (AvgIpc) is 2.79. The van der Waals surface area contributed by atoms with E-state index >= 15 is 0 Å². The summed E-state index contributed by atoms with van der Waals surface area (Å²) in [5.41, 5.74) is 0.484. The van der Waals surface area contributed by atoms with E-state index in [1.807, 2.05) is 6.08 Å². The van der Waals surface area contributed by atoms with Gasteiger partial charge in [0.2, 0.25) is 0 Å². The molecule has 100 valence electrons. The molecule has 0 aromatic heterocycles. The fourth-order valence-electron chi connectivity index (χ4n) is 5.17. The van der Waals surface area contributed by atoms with Gasteiger partial charge in [-0.05, 0) is 41.9 Å². The third-order valence-electron chi connectivity index (χ3n) is 5.96.